The SMILES string of the molecule is O=C(O)C1(C(=O)O)CCCC(C(=O)O)(C(=O)O)O1. The van der Waals surface area contributed by atoms with Gasteiger partial charge in [0.15, 0.2) is 0 Å². The Balaban J connectivity index is 3.30. The maximum absolute atomic E-state index is 11.0. The van der Waals surface area contributed by atoms with Gasteiger partial charge >= 0.3 is 23.9 Å². The van der Waals surface area contributed by atoms with E-state index in [4.69, 9.17) is 20.4 Å². The summed E-state index contributed by atoms with van der Waals surface area (Å²) in [6.07, 6.45) is -1.21. The van der Waals surface area contributed by atoms with E-state index in [1.165, 1.54) is 0 Å². The van der Waals surface area contributed by atoms with E-state index >= 15 is 0 Å². The molecule has 0 bridgehead atoms. The zero-order valence-electron chi connectivity index (χ0n) is 8.95. The van der Waals surface area contributed by atoms with Crippen molar-refractivity contribution in [3.05, 3.63) is 0 Å². The van der Waals surface area contributed by atoms with E-state index in [1.54, 1.807) is 0 Å². The van der Waals surface area contributed by atoms with E-state index in [0.717, 1.165) is 0 Å². The Morgan fingerprint density at radius 1 is 0.722 bits per heavy atom. The molecule has 1 rings (SSSR count). The highest BCUT2D eigenvalue weighted by Gasteiger charge is 2.62. The minimum Gasteiger partial charge on any atom is -0.479 e. The van der Waals surface area contributed by atoms with Crippen molar-refractivity contribution in [1.82, 2.24) is 0 Å². The maximum Gasteiger partial charge on any atom is 0.347 e. The molecule has 0 unspecified atom stereocenters. The highest BCUT2D eigenvalue weighted by molar-refractivity contribution is 6.06. The van der Waals surface area contributed by atoms with Gasteiger partial charge in [-0.15, -0.1) is 0 Å². The summed E-state index contributed by atoms with van der Waals surface area (Å²) in [5.74, 6) is -7.72. The molecule has 1 fully saturated rings. The van der Waals surface area contributed by atoms with Gasteiger partial charge in [0.25, 0.3) is 11.2 Å². The summed E-state index contributed by atoms with van der Waals surface area (Å²) in [7, 11) is 0. The molecule has 1 saturated heterocycles. The molecule has 0 aromatic heterocycles. The molecule has 1 aliphatic heterocycles. The molecule has 0 aliphatic carbocycles. The van der Waals surface area contributed by atoms with E-state index < -0.39 is 47.9 Å². The lowest BCUT2D eigenvalue weighted by Crippen LogP contribution is -2.63. The van der Waals surface area contributed by atoms with Gasteiger partial charge in [0.1, 0.15) is 0 Å². The molecular formula is C9H10O9. The van der Waals surface area contributed by atoms with Crippen molar-refractivity contribution < 1.29 is 44.3 Å². The van der Waals surface area contributed by atoms with Crippen molar-refractivity contribution >= 4 is 23.9 Å². The number of carboxylic acids is 4. The highest BCUT2D eigenvalue weighted by Crippen LogP contribution is 2.37. The van der Waals surface area contributed by atoms with Crippen LogP contribution in [0.3, 0.4) is 0 Å². The number of carbonyl (C=O) groups is 4. The van der Waals surface area contributed by atoms with E-state index in [-0.39, 0.29) is 6.42 Å². The van der Waals surface area contributed by atoms with Gasteiger partial charge in [-0.1, -0.05) is 0 Å². The Hall–Kier alpha value is -2.16. The zero-order valence-corrected chi connectivity index (χ0v) is 8.95. The lowest BCUT2D eigenvalue weighted by molar-refractivity contribution is -0.228. The van der Waals surface area contributed by atoms with Crippen LogP contribution < -0.4 is 0 Å². The Kier molecular flexibility index (Phi) is 3.29. The first-order valence-corrected chi connectivity index (χ1v) is 4.83. The van der Waals surface area contributed by atoms with Gasteiger partial charge in [0, 0.05) is 0 Å². The van der Waals surface area contributed by atoms with Crippen molar-refractivity contribution in [2.45, 2.75) is 30.5 Å². The van der Waals surface area contributed by atoms with Crippen LogP contribution in [0.25, 0.3) is 0 Å². The molecule has 0 saturated carbocycles. The van der Waals surface area contributed by atoms with Gasteiger partial charge in [-0.25, -0.2) is 19.2 Å². The van der Waals surface area contributed by atoms with Crippen LogP contribution in [-0.2, 0) is 23.9 Å². The molecule has 100 valence electrons. The largest absolute Gasteiger partial charge is 0.479 e. The molecule has 4 N–H and O–H groups in total. The van der Waals surface area contributed by atoms with Crippen LogP contribution in [0, 0.1) is 0 Å². The standard InChI is InChI=1S/C9H10O9/c10-4(11)8(5(12)13)2-1-3-9(18-8,6(14)15)7(16)17/h1-3H2,(H,10,11)(H,12,13)(H,14,15)(H,16,17). The van der Waals surface area contributed by atoms with Crippen LogP contribution >= 0.6 is 0 Å². The van der Waals surface area contributed by atoms with E-state index in [1.807, 2.05) is 0 Å². The number of hydrogen-bond donors (Lipinski definition) is 4. The first kappa shape index (κ1) is 13.9. The first-order chi connectivity index (χ1) is 8.19. The van der Waals surface area contributed by atoms with Crippen molar-refractivity contribution in [2.24, 2.45) is 0 Å². The van der Waals surface area contributed by atoms with Crippen molar-refractivity contribution in [3.63, 3.8) is 0 Å². The summed E-state index contributed by atoms with van der Waals surface area (Å²) in [4.78, 5) is 43.8. The third kappa shape index (κ3) is 1.78. The molecule has 0 aromatic carbocycles. The topological polar surface area (TPSA) is 158 Å². The van der Waals surface area contributed by atoms with E-state index in [9.17, 15) is 19.2 Å². The quantitative estimate of drug-likeness (QED) is 0.466. The molecular weight excluding hydrogens is 252 g/mol. The van der Waals surface area contributed by atoms with Gasteiger partial charge in [-0.2, -0.15) is 0 Å². The van der Waals surface area contributed by atoms with Crippen molar-refractivity contribution in [1.29, 1.82) is 0 Å². The molecule has 0 radical (unpaired) electrons. The van der Waals surface area contributed by atoms with Gasteiger partial charge < -0.3 is 25.2 Å². The molecule has 9 heteroatoms. The number of hydrogen-bond acceptors (Lipinski definition) is 5. The Labute approximate surface area is 99.6 Å². The normalized spacial score (nSPS) is 20.9. The summed E-state index contributed by atoms with van der Waals surface area (Å²) in [5.41, 5.74) is -5.70. The second-order valence-electron chi connectivity index (χ2n) is 3.83. The fourth-order valence-corrected chi connectivity index (χ4v) is 1.77. The third-order valence-corrected chi connectivity index (χ3v) is 2.79. The second-order valence-corrected chi connectivity index (χ2v) is 3.83. The first-order valence-electron chi connectivity index (χ1n) is 4.83. The smallest absolute Gasteiger partial charge is 0.347 e. The fraction of sp³-hybridized carbons (Fsp3) is 0.556. The monoisotopic (exact) mass is 262 g/mol. The molecule has 9 nitrogen and oxygen atoms in total. The van der Waals surface area contributed by atoms with Crippen LogP contribution in [0.15, 0.2) is 0 Å². The van der Waals surface area contributed by atoms with Gasteiger partial charge in [0.05, 0.1) is 0 Å². The van der Waals surface area contributed by atoms with Crippen LogP contribution in [0.4, 0.5) is 0 Å². The summed E-state index contributed by atoms with van der Waals surface area (Å²) in [6, 6.07) is 0. The molecule has 1 heterocycles. The van der Waals surface area contributed by atoms with Gasteiger partial charge in [-0.05, 0) is 19.3 Å². The number of carboxylic acid groups (broad SMARTS) is 4. The van der Waals surface area contributed by atoms with Crippen molar-refractivity contribution in [2.75, 3.05) is 0 Å². The van der Waals surface area contributed by atoms with Gasteiger partial charge in [0.2, 0.25) is 0 Å². The van der Waals surface area contributed by atoms with E-state index in [0.29, 0.717) is 0 Å². The predicted molar refractivity (Wildman–Crippen MR) is 50.9 cm³/mol. The molecule has 0 atom stereocenters. The minimum atomic E-state index is -2.85. The molecule has 0 amide bonds. The summed E-state index contributed by atoms with van der Waals surface area (Å²) >= 11 is 0. The third-order valence-electron chi connectivity index (χ3n) is 2.79. The van der Waals surface area contributed by atoms with Crippen LogP contribution in [-0.4, -0.2) is 55.5 Å². The number of rotatable bonds is 4. The Morgan fingerprint density at radius 3 is 1.22 bits per heavy atom. The predicted octanol–water partition coefficient (Wildman–Crippen LogP) is -0.997. The van der Waals surface area contributed by atoms with Crippen molar-refractivity contribution in [3.8, 4) is 0 Å². The number of ether oxygens (including phenoxy) is 1. The summed E-state index contributed by atoms with van der Waals surface area (Å²) in [6.45, 7) is 0. The summed E-state index contributed by atoms with van der Waals surface area (Å²) in [5, 5.41) is 35.5. The average molecular weight is 262 g/mol. The lowest BCUT2D eigenvalue weighted by Gasteiger charge is -2.38. The Morgan fingerprint density at radius 2 is 1.00 bits per heavy atom. The zero-order chi connectivity index (χ0) is 14.1. The maximum atomic E-state index is 11.0. The summed E-state index contributed by atoms with van der Waals surface area (Å²) < 4.78 is 4.51. The highest BCUT2D eigenvalue weighted by atomic mass is 16.6. The van der Waals surface area contributed by atoms with E-state index in [2.05, 4.69) is 4.74 Å². The number of aliphatic carboxylic acids is 4. The molecule has 18 heavy (non-hydrogen) atoms. The van der Waals surface area contributed by atoms with Gasteiger partial charge in [-0.3, -0.25) is 0 Å². The second kappa shape index (κ2) is 4.26. The van der Waals surface area contributed by atoms with Crippen LogP contribution in [0.2, 0.25) is 0 Å². The fourth-order valence-electron chi connectivity index (χ4n) is 1.77. The Bertz CT molecular complexity index is 358. The van der Waals surface area contributed by atoms with Crippen LogP contribution in [0.1, 0.15) is 19.3 Å². The molecule has 0 aromatic rings. The van der Waals surface area contributed by atoms with Crippen LogP contribution in [0.5, 0.6) is 0 Å². The molecule has 0 spiro atoms. The lowest BCUT2D eigenvalue weighted by atomic mass is 9.84. The molecule has 1 aliphatic rings. The average Bonchev–Trinajstić information content (AvgIpc) is 2.27. The minimum absolute atomic E-state index is 0.211.